The number of rotatable bonds is 5. The van der Waals surface area contributed by atoms with Crippen molar-refractivity contribution in [2.75, 3.05) is 7.11 Å². The van der Waals surface area contributed by atoms with Gasteiger partial charge >= 0.3 is 5.97 Å². The lowest BCUT2D eigenvalue weighted by Gasteiger charge is -2.11. The van der Waals surface area contributed by atoms with Gasteiger partial charge in [0.2, 0.25) is 0 Å². The van der Waals surface area contributed by atoms with E-state index in [0.717, 1.165) is 12.1 Å². The van der Waals surface area contributed by atoms with Crippen LogP contribution in [-0.4, -0.2) is 22.9 Å². The van der Waals surface area contributed by atoms with E-state index in [-0.39, 0.29) is 5.97 Å². The third-order valence-electron chi connectivity index (χ3n) is 3.29. The zero-order valence-electron chi connectivity index (χ0n) is 11.4. The molecule has 0 bridgehead atoms. The molecule has 4 heteroatoms. The molecule has 0 aliphatic rings. The summed E-state index contributed by atoms with van der Waals surface area (Å²) < 4.78 is 6.72. The fourth-order valence-electron chi connectivity index (χ4n) is 1.99. The van der Waals surface area contributed by atoms with Crippen molar-refractivity contribution in [1.29, 1.82) is 0 Å². The molecule has 1 heterocycles. The summed E-state index contributed by atoms with van der Waals surface area (Å²) in [6, 6.07) is 0.403. The van der Waals surface area contributed by atoms with Crippen molar-refractivity contribution in [3.63, 3.8) is 0 Å². The molecule has 0 amide bonds. The van der Waals surface area contributed by atoms with Gasteiger partial charge < -0.3 is 4.74 Å². The van der Waals surface area contributed by atoms with E-state index in [0.29, 0.717) is 18.9 Å². The van der Waals surface area contributed by atoms with Crippen LogP contribution < -0.4 is 0 Å². The molecule has 0 N–H and O–H groups in total. The zero-order chi connectivity index (χ0) is 13.0. The van der Waals surface area contributed by atoms with Gasteiger partial charge in [0.05, 0.1) is 12.8 Å². The Morgan fingerprint density at radius 1 is 1.47 bits per heavy atom. The van der Waals surface area contributed by atoms with Crippen LogP contribution >= 0.6 is 0 Å². The predicted molar refractivity (Wildman–Crippen MR) is 67.0 cm³/mol. The largest absolute Gasteiger partial charge is 0.469 e. The fourth-order valence-corrected chi connectivity index (χ4v) is 1.99. The first-order valence-corrected chi connectivity index (χ1v) is 6.12. The Labute approximate surface area is 103 Å². The van der Waals surface area contributed by atoms with Crippen LogP contribution in [0, 0.1) is 13.8 Å². The summed E-state index contributed by atoms with van der Waals surface area (Å²) in [5, 5.41) is 4.55. The van der Waals surface area contributed by atoms with Crippen LogP contribution in [0.5, 0.6) is 0 Å². The molecule has 4 nitrogen and oxygen atoms in total. The van der Waals surface area contributed by atoms with Gasteiger partial charge in [-0.25, -0.2) is 0 Å². The van der Waals surface area contributed by atoms with Crippen molar-refractivity contribution >= 4 is 5.97 Å². The Morgan fingerprint density at radius 2 is 2.12 bits per heavy atom. The van der Waals surface area contributed by atoms with E-state index in [1.165, 1.54) is 18.4 Å². The van der Waals surface area contributed by atoms with E-state index in [1.54, 1.807) is 0 Å². The Bertz CT molecular complexity index is 396. The minimum Gasteiger partial charge on any atom is -0.469 e. The Hall–Kier alpha value is -1.32. The molecule has 17 heavy (non-hydrogen) atoms. The SMILES string of the molecule is CCC(C)n1nc(C)c(CCC(=O)OC)c1C. The van der Waals surface area contributed by atoms with Crippen LogP contribution in [0.2, 0.25) is 0 Å². The predicted octanol–water partition coefficient (Wildman–Crippen LogP) is 2.58. The first-order valence-electron chi connectivity index (χ1n) is 6.12. The van der Waals surface area contributed by atoms with E-state index < -0.39 is 0 Å². The highest BCUT2D eigenvalue weighted by atomic mass is 16.5. The van der Waals surface area contributed by atoms with Crippen LogP contribution in [0.1, 0.15) is 49.7 Å². The molecule has 0 saturated carbocycles. The molecule has 1 unspecified atom stereocenters. The van der Waals surface area contributed by atoms with Crippen molar-refractivity contribution in [3.05, 3.63) is 17.0 Å². The third-order valence-corrected chi connectivity index (χ3v) is 3.29. The topological polar surface area (TPSA) is 44.1 Å². The molecule has 0 aliphatic heterocycles. The second-order valence-corrected chi connectivity index (χ2v) is 4.43. The highest BCUT2D eigenvalue weighted by Crippen LogP contribution is 2.20. The summed E-state index contributed by atoms with van der Waals surface area (Å²) in [5.74, 6) is -0.167. The van der Waals surface area contributed by atoms with Crippen molar-refractivity contribution in [1.82, 2.24) is 9.78 Å². The molecule has 0 fully saturated rings. The molecule has 0 radical (unpaired) electrons. The maximum Gasteiger partial charge on any atom is 0.305 e. The number of carbonyl (C=O) groups excluding carboxylic acids is 1. The summed E-state index contributed by atoms with van der Waals surface area (Å²) >= 11 is 0. The van der Waals surface area contributed by atoms with Crippen LogP contribution in [0.4, 0.5) is 0 Å². The monoisotopic (exact) mass is 238 g/mol. The summed E-state index contributed by atoms with van der Waals surface area (Å²) in [4.78, 5) is 11.2. The number of methoxy groups -OCH3 is 1. The first kappa shape index (κ1) is 13.7. The molecular weight excluding hydrogens is 216 g/mol. The lowest BCUT2D eigenvalue weighted by Crippen LogP contribution is -2.08. The number of hydrogen-bond donors (Lipinski definition) is 0. The average molecular weight is 238 g/mol. The van der Waals surface area contributed by atoms with E-state index in [9.17, 15) is 4.79 Å². The van der Waals surface area contributed by atoms with Crippen LogP contribution in [0.15, 0.2) is 0 Å². The Balaban J connectivity index is 2.86. The highest BCUT2D eigenvalue weighted by molar-refractivity contribution is 5.69. The van der Waals surface area contributed by atoms with Gasteiger partial charge in [0.25, 0.3) is 0 Å². The first-order chi connectivity index (χ1) is 8.01. The summed E-state index contributed by atoms with van der Waals surface area (Å²) in [7, 11) is 1.42. The molecule has 1 aromatic rings. The number of hydrogen-bond acceptors (Lipinski definition) is 3. The second kappa shape index (κ2) is 5.84. The van der Waals surface area contributed by atoms with Crippen molar-refractivity contribution in [3.8, 4) is 0 Å². The number of ether oxygens (including phenoxy) is 1. The molecular formula is C13H22N2O2. The van der Waals surface area contributed by atoms with E-state index in [1.807, 2.05) is 6.92 Å². The number of aromatic nitrogens is 2. The van der Waals surface area contributed by atoms with Gasteiger partial charge in [0, 0.05) is 18.2 Å². The van der Waals surface area contributed by atoms with Gasteiger partial charge in [-0.15, -0.1) is 0 Å². The number of aryl methyl sites for hydroxylation is 1. The number of esters is 1. The molecule has 1 aromatic heterocycles. The number of nitrogens with zero attached hydrogens (tertiary/aromatic N) is 2. The van der Waals surface area contributed by atoms with Gasteiger partial charge in [-0.2, -0.15) is 5.10 Å². The standard InChI is InChI=1S/C13H22N2O2/c1-6-9(2)15-11(4)12(10(3)14-15)7-8-13(16)17-5/h9H,6-8H2,1-5H3. The highest BCUT2D eigenvalue weighted by Gasteiger charge is 2.15. The average Bonchev–Trinajstić information content (AvgIpc) is 2.61. The van der Waals surface area contributed by atoms with Crippen molar-refractivity contribution in [2.45, 2.75) is 53.0 Å². The number of carbonyl (C=O) groups is 1. The minimum absolute atomic E-state index is 0.167. The molecule has 1 rings (SSSR count). The normalized spacial score (nSPS) is 12.5. The van der Waals surface area contributed by atoms with Crippen LogP contribution in [-0.2, 0) is 16.0 Å². The Morgan fingerprint density at radius 3 is 2.65 bits per heavy atom. The summed E-state index contributed by atoms with van der Waals surface area (Å²) in [5.41, 5.74) is 3.36. The molecule has 0 spiro atoms. The quantitative estimate of drug-likeness (QED) is 0.740. The minimum atomic E-state index is -0.167. The van der Waals surface area contributed by atoms with Gasteiger partial charge in [-0.1, -0.05) is 6.92 Å². The van der Waals surface area contributed by atoms with E-state index >= 15 is 0 Å². The molecule has 1 atom stereocenters. The zero-order valence-corrected chi connectivity index (χ0v) is 11.4. The third kappa shape index (κ3) is 3.08. The maximum absolute atomic E-state index is 11.2. The lowest BCUT2D eigenvalue weighted by atomic mass is 10.1. The smallest absolute Gasteiger partial charge is 0.305 e. The summed E-state index contributed by atoms with van der Waals surface area (Å²) in [6.45, 7) is 8.37. The van der Waals surface area contributed by atoms with Gasteiger partial charge in [0.15, 0.2) is 0 Å². The Kier molecular flexibility index (Phi) is 4.73. The molecule has 0 aliphatic carbocycles. The molecule has 0 saturated heterocycles. The van der Waals surface area contributed by atoms with E-state index in [4.69, 9.17) is 0 Å². The van der Waals surface area contributed by atoms with Gasteiger partial charge in [-0.05, 0) is 39.2 Å². The fraction of sp³-hybridized carbons (Fsp3) is 0.692. The summed E-state index contributed by atoms with van der Waals surface area (Å²) in [6.07, 6.45) is 2.18. The lowest BCUT2D eigenvalue weighted by molar-refractivity contribution is -0.140. The van der Waals surface area contributed by atoms with Crippen molar-refractivity contribution in [2.24, 2.45) is 0 Å². The van der Waals surface area contributed by atoms with Crippen LogP contribution in [0.25, 0.3) is 0 Å². The second-order valence-electron chi connectivity index (χ2n) is 4.43. The van der Waals surface area contributed by atoms with E-state index in [2.05, 4.69) is 35.3 Å². The van der Waals surface area contributed by atoms with Gasteiger partial charge in [0.1, 0.15) is 0 Å². The maximum atomic E-state index is 11.2. The van der Waals surface area contributed by atoms with Gasteiger partial charge in [-0.3, -0.25) is 9.48 Å². The van der Waals surface area contributed by atoms with Crippen LogP contribution in [0.3, 0.4) is 0 Å². The molecule has 96 valence electrons. The van der Waals surface area contributed by atoms with Crippen molar-refractivity contribution < 1.29 is 9.53 Å². The molecule has 0 aromatic carbocycles.